The SMILES string of the molecule is Brc1ccc(C=NNc2nc3c(s2)CCCC3)cc1. The molecule has 5 heteroatoms. The average Bonchev–Trinajstić information content (AvgIpc) is 2.83. The highest BCUT2D eigenvalue weighted by Crippen LogP contribution is 2.29. The van der Waals surface area contributed by atoms with E-state index in [1.54, 1.807) is 11.3 Å². The number of halogens is 1. The van der Waals surface area contributed by atoms with Gasteiger partial charge in [0.15, 0.2) is 0 Å². The van der Waals surface area contributed by atoms with Gasteiger partial charge in [0.05, 0.1) is 11.9 Å². The van der Waals surface area contributed by atoms with Crippen molar-refractivity contribution in [2.24, 2.45) is 5.10 Å². The van der Waals surface area contributed by atoms with Gasteiger partial charge in [-0.1, -0.05) is 28.1 Å². The molecule has 1 aliphatic rings. The van der Waals surface area contributed by atoms with Crippen LogP contribution in [0.2, 0.25) is 0 Å². The maximum absolute atomic E-state index is 4.58. The van der Waals surface area contributed by atoms with Gasteiger partial charge in [-0.25, -0.2) is 4.98 Å². The summed E-state index contributed by atoms with van der Waals surface area (Å²) < 4.78 is 1.07. The van der Waals surface area contributed by atoms with E-state index in [9.17, 15) is 0 Å². The molecule has 1 aliphatic carbocycles. The molecule has 3 nitrogen and oxygen atoms in total. The summed E-state index contributed by atoms with van der Waals surface area (Å²) in [6.45, 7) is 0. The summed E-state index contributed by atoms with van der Waals surface area (Å²) in [5.41, 5.74) is 5.36. The van der Waals surface area contributed by atoms with Crippen LogP contribution in [0.25, 0.3) is 0 Å². The van der Waals surface area contributed by atoms with E-state index >= 15 is 0 Å². The Kier molecular flexibility index (Phi) is 3.94. The van der Waals surface area contributed by atoms with Gasteiger partial charge < -0.3 is 0 Å². The van der Waals surface area contributed by atoms with E-state index in [0.29, 0.717) is 0 Å². The number of aryl methyl sites for hydroxylation is 2. The molecule has 1 aromatic heterocycles. The van der Waals surface area contributed by atoms with Gasteiger partial charge in [-0.3, -0.25) is 5.43 Å². The minimum atomic E-state index is 0.903. The first kappa shape index (κ1) is 12.8. The fraction of sp³-hybridized carbons (Fsp3) is 0.286. The molecule has 0 amide bonds. The Hall–Kier alpha value is -1.20. The molecule has 0 radical (unpaired) electrons. The van der Waals surface area contributed by atoms with Crippen molar-refractivity contribution >= 4 is 38.6 Å². The molecule has 1 N–H and O–H groups in total. The van der Waals surface area contributed by atoms with Crippen molar-refractivity contribution in [2.75, 3.05) is 5.43 Å². The molecule has 2 aromatic rings. The summed E-state index contributed by atoms with van der Waals surface area (Å²) in [6, 6.07) is 8.04. The lowest BCUT2D eigenvalue weighted by Crippen LogP contribution is -1.99. The number of fused-ring (bicyclic) bond motifs is 1. The number of hydrazone groups is 1. The highest BCUT2D eigenvalue weighted by Gasteiger charge is 2.14. The van der Waals surface area contributed by atoms with E-state index in [1.165, 1.54) is 29.8 Å². The molecule has 0 fully saturated rings. The third-order valence-electron chi connectivity index (χ3n) is 3.09. The monoisotopic (exact) mass is 335 g/mol. The Bertz CT molecular complexity index is 566. The summed E-state index contributed by atoms with van der Waals surface area (Å²) >= 11 is 5.14. The number of hydrogen-bond donors (Lipinski definition) is 1. The Balaban J connectivity index is 1.65. The number of thiazole rings is 1. The van der Waals surface area contributed by atoms with E-state index < -0.39 is 0 Å². The second kappa shape index (κ2) is 5.84. The van der Waals surface area contributed by atoms with E-state index in [1.807, 2.05) is 30.5 Å². The zero-order valence-corrected chi connectivity index (χ0v) is 12.8. The lowest BCUT2D eigenvalue weighted by Gasteiger charge is -2.06. The first-order valence-electron chi connectivity index (χ1n) is 6.34. The minimum absolute atomic E-state index is 0.903. The molecule has 0 saturated heterocycles. The Morgan fingerprint density at radius 2 is 2.00 bits per heavy atom. The Morgan fingerprint density at radius 3 is 2.79 bits per heavy atom. The molecule has 0 atom stereocenters. The zero-order valence-electron chi connectivity index (χ0n) is 10.4. The van der Waals surface area contributed by atoms with E-state index in [4.69, 9.17) is 0 Å². The highest BCUT2D eigenvalue weighted by molar-refractivity contribution is 9.10. The van der Waals surface area contributed by atoms with Gasteiger partial charge >= 0.3 is 0 Å². The molecule has 0 aliphatic heterocycles. The van der Waals surface area contributed by atoms with E-state index in [-0.39, 0.29) is 0 Å². The van der Waals surface area contributed by atoms with Crippen molar-refractivity contribution in [2.45, 2.75) is 25.7 Å². The van der Waals surface area contributed by atoms with Crippen LogP contribution >= 0.6 is 27.3 Å². The average molecular weight is 336 g/mol. The molecule has 19 heavy (non-hydrogen) atoms. The molecular weight excluding hydrogens is 322 g/mol. The van der Waals surface area contributed by atoms with Crippen molar-refractivity contribution in [1.82, 2.24) is 4.98 Å². The second-order valence-electron chi connectivity index (χ2n) is 4.52. The van der Waals surface area contributed by atoms with Crippen LogP contribution in [0.15, 0.2) is 33.8 Å². The van der Waals surface area contributed by atoms with Crippen LogP contribution in [0.5, 0.6) is 0 Å². The Morgan fingerprint density at radius 1 is 1.21 bits per heavy atom. The van der Waals surface area contributed by atoms with E-state index in [2.05, 4.69) is 31.4 Å². The number of rotatable bonds is 3. The summed E-state index contributed by atoms with van der Waals surface area (Å²) in [4.78, 5) is 6.01. The molecule has 3 rings (SSSR count). The number of benzene rings is 1. The molecule has 98 valence electrons. The number of nitrogens with one attached hydrogen (secondary N) is 1. The zero-order chi connectivity index (χ0) is 13.1. The van der Waals surface area contributed by atoms with Gasteiger partial charge in [0.25, 0.3) is 0 Å². The maximum Gasteiger partial charge on any atom is 0.203 e. The van der Waals surface area contributed by atoms with Crippen LogP contribution < -0.4 is 5.43 Å². The number of aromatic nitrogens is 1. The van der Waals surface area contributed by atoms with Gasteiger partial charge in [-0.15, -0.1) is 11.3 Å². The molecule has 0 unspecified atom stereocenters. The lowest BCUT2D eigenvalue weighted by molar-refractivity contribution is 0.682. The predicted octanol–water partition coefficient (Wildman–Crippen LogP) is 4.23. The first-order valence-corrected chi connectivity index (χ1v) is 7.95. The van der Waals surface area contributed by atoms with Crippen LogP contribution in [0.4, 0.5) is 5.13 Å². The largest absolute Gasteiger partial charge is 0.253 e. The minimum Gasteiger partial charge on any atom is -0.253 e. The fourth-order valence-electron chi connectivity index (χ4n) is 2.11. The normalized spacial score (nSPS) is 14.6. The lowest BCUT2D eigenvalue weighted by atomic mass is 10.0. The van der Waals surface area contributed by atoms with Gasteiger partial charge in [0.1, 0.15) is 0 Å². The first-order chi connectivity index (χ1) is 9.31. The summed E-state index contributed by atoms with van der Waals surface area (Å²) in [7, 11) is 0. The molecule has 0 spiro atoms. The van der Waals surface area contributed by atoms with Crippen molar-refractivity contribution in [3.63, 3.8) is 0 Å². The second-order valence-corrected chi connectivity index (χ2v) is 6.52. The molecule has 1 heterocycles. The third-order valence-corrected chi connectivity index (χ3v) is 4.68. The van der Waals surface area contributed by atoms with Crippen LogP contribution in [0.1, 0.15) is 29.0 Å². The van der Waals surface area contributed by atoms with Crippen LogP contribution in [-0.2, 0) is 12.8 Å². The highest BCUT2D eigenvalue weighted by atomic mass is 79.9. The van der Waals surface area contributed by atoms with Crippen LogP contribution in [0.3, 0.4) is 0 Å². The summed E-state index contributed by atoms with van der Waals surface area (Å²) in [6.07, 6.45) is 6.65. The van der Waals surface area contributed by atoms with Crippen molar-refractivity contribution in [3.05, 3.63) is 44.9 Å². The standard InChI is InChI=1S/C14H14BrN3S/c15-11-7-5-10(6-8-11)9-16-18-14-17-12-3-1-2-4-13(12)19-14/h5-9H,1-4H2,(H,17,18). The summed E-state index contributed by atoms with van der Waals surface area (Å²) in [5.74, 6) is 0. The molecule has 0 saturated carbocycles. The fourth-order valence-corrected chi connectivity index (χ4v) is 3.37. The molecular formula is C14H14BrN3S. The van der Waals surface area contributed by atoms with Gasteiger partial charge in [0.2, 0.25) is 5.13 Å². The van der Waals surface area contributed by atoms with Gasteiger partial charge in [-0.05, 0) is 43.4 Å². The van der Waals surface area contributed by atoms with Crippen molar-refractivity contribution < 1.29 is 0 Å². The van der Waals surface area contributed by atoms with Crippen LogP contribution in [-0.4, -0.2) is 11.2 Å². The maximum atomic E-state index is 4.58. The summed E-state index contributed by atoms with van der Waals surface area (Å²) in [5, 5.41) is 5.15. The molecule has 0 bridgehead atoms. The van der Waals surface area contributed by atoms with Crippen molar-refractivity contribution in [1.29, 1.82) is 0 Å². The Labute approximate surface area is 124 Å². The predicted molar refractivity (Wildman–Crippen MR) is 84.1 cm³/mol. The van der Waals surface area contributed by atoms with E-state index in [0.717, 1.165) is 21.6 Å². The number of anilines is 1. The number of hydrogen-bond acceptors (Lipinski definition) is 4. The number of nitrogens with zero attached hydrogens (tertiary/aromatic N) is 2. The molecule has 1 aromatic carbocycles. The van der Waals surface area contributed by atoms with Gasteiger partial charge in [-0.2, -0.15) is 5.10 Å². The van der Waals surface area contributed by atoms with Gasteiger partial charge in [0, 0.05) is 9.35 Å². The van der Waals surface area contributed by atoms with Crippen LogP contribution in [0, 0.1) is 0 Å². The third kappa shape index (κ3) is 3.22. The topological polar surface area (TPSA) is 37.3 Å². The quantitative estimate of drug-likeness (QED) is 0.673. The van der Waals surface area contributed by atoms with Crippen molar-refractivity contribution in [3.8, 4) is 0 Å². The smallest absolute Gasteiger partial charge is 0.203 e.